The molecule has 0 bridgehead atoms. The Morgan fingerprint density at radius 3 is 1.89 bits per heavy atom. The molecule has 19 heavy (non-hydrogen) atoms. The minimum Gasteiger partial charge on any atom is -0.466 e. The van der Waals surface area contributed by atoms with Crippen LogP contribution >= 0.6 is 0 Å². The number of ether oxygens (including phenoxy) is 1. The van der Waals surface area contributed by atoms with Crippen LogP contribution in [-0.2, 0) is 9.53 Å². The highest BCUT2D eigenvalue weighted by Gasteiger charge is 2.38. The fraction of sp³-hybridized carbons (Fsp3) is 0.938. The van der Waals surface area contributed by atoms with Crippen LogP contribution < -0.4 is 0 Å². The Kier molecular flexibility index (Phi) is 7.44. The third-order valence-electron chi connectivity index (χ3n) is 4.42. The van der Waals surface area contributed by atoms with E-state index in [2.05, 4.69) is 0 Å². The van der Waals surface area contributed by atoms with Gasteiger partial charge in [-0.25, -0.2) is 0 Å². The lowest BCUT2D eigenvalue weighted by Gasteiger charge is -2.33. The van der Waals surface area contributed by atoms with Crippen molar-refractivity contribution in [2.45, 2.75) is 83.7 Å². The molecule has 1 unspecified atom stereocenters. The average molecular weight is 270 g/mol. The number of carbonyl (C=O) groups is 1. The van der Waals surface area contributed by atoms with Gasteiger partial charge in [0.15, 0.2) is 0 Å². The first-order valence-electron chi connectivity index (χ1n) is 7.99. The van der Waals surface area contributed by atoms with Gasteiger partial charge in [-0.1, -0.05) is 51.4 Å². The maximum Gasteiger partial charge on any atom is 0.311 e. The maximum atomic E-state index is 11.9. The molecule has 1 aliphatic carbocycles. The summed E-state index contributed by atoms with van der Waals surface area (Å²) in [6.45, 7) is 4.02. The lowest BCUT2D eigenvalue weighted by atomic mass is 9.80. The van der Waals surface area contributed by atoms with Gasteiger partial charge in [-0.2, -0.15) is 0 Å². The van der Waals surface area contributed by atoms with Crippen molar-refractivity contribution in [1.29, 1.82) is 0 Å². The van der Waals surface area contributed by atoms with E-state index < -0.39 is 11.5 Å². The van der Waals surface area contributed by atoms with E-state index in [1.54, 1.807) is 0 Å². The molecule has 1 aliphatic rings. The molecule has 1 N–H and O–H groups in total. The normalized spacial score (nSPS) is 23.1. The van der Waals surface area contributed by atoms with Crippen LogP contribution in [0.2, 0.25) is 0 Å². The molecule has 0 spiro atoms. The average Bonchev–Trinajstić information content (AvgIpc) is 2.44. The second-order valence-electron chi connectivity index (χ2n) is 5.91. The van der Waals surface area contributed by atoms with E-state index >= 15 is 0 Å². The van der Waals surface area contributed by atoms with Gasteiger partial charge in [0.2, 0.25) is 0 Å². The second-order valence-corrected chi connectivity index (χ2v) is 5.91. The molecule has 0 saturated heterocycles. The zero-order valence-electron chi connectivity index (χ0n) is 12.6. The first kappa shape index (κ1) is 16.5. The molecule has 0 aliphatic heterocycles. The van der Waals surface area contributed by atoms with Crippen LogP contribution in [0, 0.1) is 5.92 Å². The number of rotatable bonds is 3. The van der Waals surface area contributed by atoms with Gasteiger partial charge in [-0.05, 0) is 26.7 Å². The smallest absolute Gasteiger partial charge is 0.311 e. The van der Waals surface area contributed by atoms with Gasteiger partial charge in [0.05, 0.1) is 18.1 Å². The van der Waals surface area contributed by atoms with Gasteiger partial charge in [-0.15, -0.1) is 0 Å². The SMILES string of the molecule is CCOC(=O)C(C)C1(O)CCCCCCCCCC1. The van der Waals surface area contributed by atoms with Crippen molar-refractivity contribution in [3.8, 4) is 0 Å². The summed E-state index contributed by atoms with van der Waals surface area (Å²) in [6.07, 6.45) is 10.9. The number of carbonyl (C=O) groups excluding carboxylic acids is 1. The molecule has 1 saturated carbocycles. The molecular weight excluding hydrogens is 240 g/mol. The number of hydrogen-bond acceptors (Lipinski definition) is 3. The van der Waals surface area contributed by atoms with Gasteiger partial charge < -0.3 is 9.84 Å². The lowest BCUT2D eigenvalue weighted by molar-refractivity contribution is -0.158. The summed E-state index contributed by atoms with van der Waals surface area (Å²) in [4.78, 5) is 11.9. The van der Waals surface area contributed by atoms with Gasteiger partial charge in [0.25, 0.3) is 0 Å². The summed E-state index contributed by atoms with van der Waals surface area (Å²) in [7, 11) is 0. The molecular formula is C16H30O3. The Hall–Kier alpha value is -0.570. The molecule has 0 aromatic rings. The molecule has 0 heterocycles. The summed E-state index contributed by atoms with van der Waals surface area (Å²) in [5.41, 5.74) is -0.864. The molecule has 3 heteroatoms. The molecule has 0 aromatic carbocycles. The zero-order chi connectivity index (χ0) is 14.1. The first-order chi connectivity index (χ1) is 9.10. The second kappa shape index (κ2) is 8.57. The Morgan fingerprint density at radius 1 is 1.05 bits per heavy atom. The highest BCUT2D eigenvalue weighted by atomic mass is 16.5. The van der Waals surface area contributed by atoms with Crippen molar-refractivity contribution in [3.63, 3.8) is 0 Å². The van der Waals surface area contributed by atoms with Crippen LogP contribution in [0.15, 0.2) is 0 Å². The van der Waals surface area contributed by atoms with Crippen LogP contribution in [-0.4, -0.2) is 23.3 Å². The minimum atomic E-state index is -0.864. The predicted molar refractivity (Wildman–Crippen MR) is 76.9 cm³/mol. The van der Waals surface area contributed by atoms with Gasteiger partial charge in [0, 0.05) is 0 Å². The van der Waals surface area contributed by atoms with Crippen LogP contribution in [0.5, 0.6) is 0 Å². The van der Waals surface area contributed by atoms with E-state index in [4.69, 9.17) is 4.74 Å². The number of esters is 1. The highest BCUT2D eigenvalue weighted by molar-refractivity contribution is 5.73. The predicted octanol–water partition coefficient (Wildman–Crippen LogP) is 3.83. The molecule has 1 fully saturated rings. The largest absolute Gasteiger partial charge is 0.466 e. The Morgan fingerprint density at radius 2 is 1.47 bits per heavy atom. The van der Waals surface area contributed by atoms with E-state index in [-0.39, 0.29) is 5.97 Å². The fourth-order valence-electron chi connectivity index (χ4n) is 2.97. The third kappa shape index (κ3) is 5.52. The van der Waals surface area contributed by atoms with Crippen molar-refractivity contribution in [1.82, 2.24) is 0 Å². The monoisotopic (exact) mass is 270 g/mol. The zero-order valence-corrected chi connectivity index (χ0v) is 12.6. The van der Waals surface area contributed by atoms with E-state index in [1.165, 1.54) is 25.7 Å². The third-order valence-corrected chi connectivity index (χ3v) is 4.42. The first-order valence-corrected chi connectivity index (χ1v) is 7.99. The summed E-state index contributed by atoms with van der Waals surface area (Å²) < 4.78 is 5.08. The van der Waals surface area contributed by atoms with Crippen molar-refractivity contribution in [2.75, 3.05) is 6.61 Å². The van der Waals surface area contributed by atoms with E-state index in [0.717, 1.165) is 38.5 Å². The van der Waals surface area contributed by atoms with Gasteiger partial charge >= 0.3 is 5.97 Å². The van der Waals surface area contributed by atoms with Gasteiger partial charge in [0.1, 0.15) is 0 Å². The highest BCUT2D eigenvalue weighted by Crippen LogP contribution is 2.32. The molecule has 112 valence electrons. The minimum absolute atomic E-state index is 0.250. The number of aliphatic hydroxyl groups is 1. The summed E-state index contributed by atoms with van der Waals surface area (Å²) in [6, 6.07) is 0. The Labute approximate surface area is 117 Å². The number of hydrogen-bond donors (Lipinski definition) is 1. The van der Waals surface area contributed by atoms with Crippen molar-refractivity contribution in [3.05, 3.63) is 0 Å². The van der Waals surface area contributed by atoms with Crippen molar-refractivity contribution in [2.24, 2.45) is 5.92 Å². The van der Waals surface area contributed by atoms with Crippen LogP contribution in [0.1, 0.15) is 78.1 Å². The summed E-state index contributed by atoms with van der Waals surface area (Å²) >= 11 is 0. The summed E-state index contributed by atoms with van der Waals surface area (Å²) in [5.74, 6) is -0.659. The van der Waals surface area contributed by atoms with Crippen LogP contribution in [0.4, 0.5) is 0 Å². The Balaban J connectivity index is 2.62. The van der Waals surface area contributed by atoms with Crippen LogP contribution in [0.25, 0.3) is 0 Å². The standard InChI is InChI=1S/C16H30O3/c1-3-19-15(17)14(2)16(18)12-10-8-6-4-5-7-9-11-13-16/h14,18H,3-13H2,1-2H3. The molecule has 1 rings (SSSR count). The topological polar surface area (TPSA) is 46.5 Å². The molecule has 0 amide bonds. The quantitative estimate of drug-likeness (QED) is 0.793. The molecule has 0 aromatic heterocycles. The lowest BCUT2D eigenvalue weighted by Crippen LogP contribution is -2.41. The Bertz CT molecular complexity index is 251. The van der Waals surface area contributed by atoms with E-state index in [1.807, 2.05) is 13.8 Å². The summed E-state index contributed by atoms with van der Waals surface area (Å²) in [5, 5.41) is 10.8. The molecule has 0 radical (unpaired) electrons. The molecule has 3 nitrogen and oxygen atoms in total. The van der Waals surface area contributed by atoms with Crippen molar-refractivity contribution < 1.29 is 14.6 Å². The van der Waals surface area contributed by atoms with E-state index in [0.29, 0.717) is 6.61 Å². The molecule has 1 atom stereocenters. The van der Waals surface area contributed by atoms with Crippen molar-refractivity contribution >= 4 is 5.97 Å². The fourth-order valence-corrected chi connectivity index (χ4v) is 2.97. The van der Waals surface area contributed by atoms with Gasteiger partial charge in [-0.3, -0.25) is 4.79 Å². The maximum absolute atomic E-state index is 11.9. The van der Waals surface area contributed by atoms with Crippen LogP contribution in [0.3, 0.4) is 0 Å². The van der Waals surface area contributed by atoms with E-state index in [9.17, 15) is 9.90 Å².